The van der Waals surface area contributed by atoms with Crippen molar-refractivity contribution in [1.29, 1.82) is 0 Å². The van der Waals surface area contributed by atoms with Gasteiger partial charge in [0.25, 0.3) is 5.69 Å². The Morgan fingerprint density at radius 2 is 2.11 bits per heavy atom. The molecule has 0 fully saturated rings. The highest BCUT2D eigenvalue weighted by atomic mass is 79.9. The van der Waals surface area contributed by atoms with Crippen LogP contribution >= 0.6 is 28.3 Å². The molecule has 0 aliphatic rings. The molecule has 8 heteroatoms. The molecule has 6 nitrogen and oxygen atoms in total. The number of aliphatic hydroxyl groups is 1. The van der Waals surface area contributed by atoms with Gasteiger partial charge in [0.2, 0.25) is 0 Å². The molecule has 0 saturated heterocycles. The molecule has 18 heavy (non-hydrogen) atoms. The summed E-state index contributed by atoms with van der Waals surface area (Å²) < 4.78 is 0.237. The van der Waals surface area contributed by atoms with E-state index in [0.717, 1.165) is 0 Å². The third-order valence-corrected chi connectivity index (χ3v) is 2.97. The van der Waals surface area contributed by atoms with E-state index < -0.39 is 11.0 Å². The minimum absolute atomic E-state index is 0. The van der Waals surface area contributed by atoms with Crippen molar-refractivity contribution in [2.24, 2.45) is 5.73 Å². The van der Waals surface area contributed by atoms with Gasteiger partial charge >= 0.3 is 0 Å². The number of phenols is 1. The SMILES string of the molecule is Cl.N[C@@H](CCCO)c1cc([N+](=O)[O-])cc(Br)c1O. The van der Waals surface area contributed by atoms with Crippen LogP contribution in [0.15, 0.2) is 16.6 Å². The zero-order chi connectivity index (χ0) is 13.0. The van der Waals surface area contributed by atoms with Crippen molar-refractivity contribution in [3.63, 3.8) is 0 Å². The number of nitro groups is 1. The van der Waals surface area contributed by atoms with Crippen LogP contribution in [0.3, 0.4) is 0 Å². The van der Waals surface area contributed by atoms with E-state index in [2.05, 4.69) is 15.9 Å². The maximum atomic E-state index is 10.7. The molecule has 0 heterocycles. The van der Waals surface area contributed by atoms with Crippen molar-refractivity contribution in [2.75, 3.05) is 6.61 Å². The first-order valence-corrected chi connectivity index (χ1v) is 5.80. The number of aromatic hydroxyl groups is 1. The first-order valence-electron chi connectivity index (χ1n) is 5.00. The van der Waals surface area contributed by atoms with Crippen LogP contribution in [0, 0.1) is 10.1 Å². The van der Waals surface area contributed by atoms with Crippen molar-refractivity contribution in [2.45, 2.75) is 18.9 Å². The van der Waals surface area contributed by atoms with E-state index in [1.165, 1.54) is 12.1 Å². The number of aliphatic hydroxyl groups excluding tert-OH is 1. The van der Waals surface area contributed by atoms with E-state index in [1.54, 1.807) is 0 Å². The molecule has 1 atom stereocenters. The summed E-state index contributed by atoms with van der Waals surface area (Å²) in [4.78, 5) is 10.1. The lowest BCUT2D eigenvalue weighted by Gasteiger charge is -2.13. The molecule has 1 aromatic rings. The Bertz CT molecular complexity index is 431. The van der Waals surface area contributed by atoms with Crippen LogP contribution in [0.25, 0.3) is 0 Å². The molecule has 0 aromatic heterocycles. The summed E-state index contributed by atoms with van der Waals surface area (Å²) in [7, 11) is 0. The monoisotopic (exact) mass is 340 g/mol. The van der Waals surface area contributed by atoms with Crippen molar-refractivity contribution in [3.05, 3.63) is 32.3 Å². The Morgan fingerprint density at radius 3 is 2.61 bits per heavy atom. The van der Waals surface area contributed by atoms with Gasteiger partial charge in [-0.1, -0.05) is 0 Å². The largest absolute Gasteiger partial charge is 0.506 e. The number of nitro benzene ring substituents is 1. The highest BCUT2D eigenvalue weighted by Crippen LogP contribution is 2.36. The van der Waals surface area contributed by atoms with Crippen molar-refractivity contribution >= 4 is 34.0 Å². The molecule has 0 saturated carbocycles. The molecular formula is C10H14BrClN2O4. The minimum Gasteiger partial charge on any atom is -0.506 e. The first-order chi connectivity index (χ1) is 7.97. The van der Waals surface area contributed by atoms with Crippen LogP contribution in [-0.2, 0) is 0 Å². The van der Waals surface area contributed by atoms with Crippen LogP contribution in [0.2, 0.25) is 0 Å². The lowest BCUT2D eigenvalue weighted by molar-refractivity contribution is -0.385. The van der Waals surface area contributed by atoms with E-state index in [0.29, 0.717) is 18.4 Å². The molecule has 0 amide bonds. The molecule has 0 radical (unpaired) electrons. The third-order valence-electron chi connectivity index (χ3n) is 2.36. The fraction of sp³-hybridized carbons (Fsp3) is 0.400. The maximum absolute atomic E-state index is 10.7. The lowest BCUT2D eigenvalue weighted by Crippen LogP contribution is -2.11. The number of nitrogens with zero attached hydrogens (tertiary/aromatic N) is 1. The van der Waals surface area contributed by atoms with Crippen LogP contribution in [-0.4, -0.2) is 21.7 Å². The number of halogens is 2. The maximum Gasteiger partial charge on any atom is 0.271 e. The van der Waals surface area contributed by atoms with Crippen LogP contribution in [0.1, 0.15) is 24.4 Å². The van der Waals surface area contributed by atoms with Gasteiger partial charge in [0.1, 0.15) is 5.75 Å². The molecule has 0 aliphatic heterocycles. The lowest BCUT2D eigenvalue weighted by atomic mass is 10.0. The van der Waals surface area contributed by atoms with E-state index >= 15 is 0 Å². The predicted octanol–water partition coefficient (Wildman–Crippen LogP) is 2.26. The van der Waals surface area contributed by atoms with Gasteiger partial charge < -0.3 is 15.9 Å². The number of hydrogen-bond donors (Lipinski definition) is 3. The van der Waals surface area contributed by atoms with Gasteiger partial charge in [0.05, 0.1) is 9.40 Å². The summed E-state index contributed by atoms with van der Waals surface area (Å²) in [6.45, 7) is -0.00937. The molecule has 102 valence electrons. The van der Waals surface area contributed by atoms with E-state index in [1.807, 2.05) is 0 Å². The number of rotatable bonds is 5. The Morgan fingerprint density at radius 1 is 1.50 bits per heavy atom. The number of non-ortho nitro benzene ring substituents is 1. The summed E-state index contributed by atoms with van der Waals surface area (Å²) in [6, 6.07) is 1.93. The van der Waals surface area contributed by atoms with Gasteiger partial charge in [-0.3, -0.25) is 10.1 Å². The summed E-state index contributed by atoms with van der Waals surface area (Å²) in [6.07, 6.45) is 0.915. The minimum atomic E-state index is -0.549. The smallest absolute Gasteiger partial charge is 0.271 e. The van der Waals surface area contributed by atoms with Gasteiger partial charge in [0, 0.05) is 30.3 Å². The van der Waals surface area contributed by atoms with Crippen LogP contribution in [0.4, 0.5) is 5.69 Å². The number of phenolic OH excluding ortho intramolecular Hbond substituents is 1. The predicted molar refractivity (Wildman–Crippen MR) is 73.0 cm³/mol. The molecule has 1 rings (SSSR count). The highest BCUT2D eigenvalue weighted by molar-refractivity contribution is 9.10. The fourth-order valence-corrected chi connectivity index (χ4v) is 1.92. The van der Waals surface area contributed by atoms with Crippen LogP contribution in [0.5, 0.6) is 5.75 Å². The van der Waals surface area contributed by atoms with Gasteiger partial charge in [0.15, 0.2) is 0 Å². The Labute approximate surface area is 118 Å². The quantitative estimate of drug-likeness (QED) is 0.562. The zero-order valence-corrected chi connectivity index (χ0v) is 11.8. The molecule has 0 aliphatic carbocycles. The molecular weight excluding hydrogens is 327 g/mol. The highest BCUT2D eigenvalue weighted by Gasteiger charge is 2.18. The van der Waals surface area contributed by atoms with Gasteiger partial charge in [-0.25, -0.2) is 0 Å². The number of hydrogen-bond acceptors (Lipinski definition) is 5. The summed E-state index contributed by atoms with van der Waals surface area (Å²) in [5.41, 5.74) is 5.98. The number of nitrogens with two attached hydrogens (primary N) is 1. The topological polar surface area (TPSA) is 110 Å². The Kier molecular flexibility index (Phi) is 7.15. The van der Waals surface area contributed by atoms with Gasteiger partial charge in [-0.2, -0.15) is 0 Å². The second kappa shape index (κ2) is 7.52. The summed E-state index contributed by atoms with van der Waals surface area (Å²) in [5, 5.41) is 29.1. The van der Waals surface area contributed by atoms with E-state index in [-0.39, 0.29) is 34.9 Å². The second-order valence-corrected chi connectivity index (χ2v) is 4.45. The van der Waals surface area contributed by atoms with Crippen molar-refractivity contribution in [3.8, 4) is 5.75 Å². The van der Waals surface area contributed by atoms with Crippen molar-refractivity contribution < 1.29 is 15.1 Å². The molecule has 1 aromatic carbocycles. The molecule has 0 bridgehead atoms. The summed E-state index contributed by atoms with van der Waals surface area (Å²) in [5.74, 6) is -0.0963. The zero-order valence-electron chi connectivity index (χ0n) is 9.38. The normalized spacial score (nSPS) is 11.7. The average Bonchev–Trinajstić information content (AvgIpc) is 2.29. The Balaban J connectivity index is 0.00000289. The third kappa shape index (κ3) is 4.09. The second-order valence-electron chi connectivity index (χ2n) is 3.59. The van der Waals surface area contributed by atoms with Gasteiger partial charge in [-0.15, -0.1) is 12.4 Å². The van der Waals surface area contributed by atoms with E-state index in [9.17, 15) is 15.2 Å². The molecule has 4 N–H and O–H groups in total. The Hall–Kier alpha value is -0.890. The molecule has 0 unspecified atom stereocenters. The fourth-order valence-electron chi connectivity index (χ4n) is 1.46. The standard InChI is InChI=1S/C10H13BrN2O4.ClH/c11-8-5-6(13(16)17)4-7(10(8)15)9(12)2-1-3-14;/h4-5,9,14-15H,1-3,12H2;1H/t9-;/m0./s1. The van der Waals surface area contributed by atoms with E-state index in [4.69, 9.17) is 10.8 Å². The average molecular weight is 342 g/mol. The van der Waals surface area contributed by atoms with Crippen LogP contribution < -0.4 is 5.73 Å². The first kappa shape index (κ1) is 17.1. The number of benzene rings is 1. The van der Waals surface area contributed by atoms with Gasteiger partial charge in [-0.05, 0) is 28.8 Å². The summed E-state index contributed by atoms with van der Waals surface area (Å²) >= 11 is 3.04. The van der Waals surface area contributed by atoms with Crippen molar-refractivity contribution in [1.82, 2.24) is 0 Å². The molecule has 0 spiro atoms.